The molecular weight excluding hydrogens is 232 g/mol. The van der Waals surface area contributed by atoms with Gasteiger partial charge < -0.3 is 10.6 Å². The molecule has 0 aliphatic rings. The quantitative estimate of drug-likeness (QED) is 0.366. The second-order valence-electron chi connectivity index (χ2n) is 3.99. The second kappa shape index (κ2) is 7.35. The van der Waals surface area contributed by atoms with Gasteiger partial charge in [0.1, 0.15) is 6.61 Å². The van der Waals surface area contributed by atoms with Crippen LogP contribution in [0.4, 0.5) is 0 Å². The highest BCUT2D eigenvalue weighted by molar-refractivity contribution is 7.99. The van der Waals surface area contributed by atoms with Crippen LogP contribution in [0.5, 0.6) is 0 Å². The number of hydrogen-bond acceptors (Lipinski definition) is 4. The van der Waals surface area contributed by atoms with E-state index in [9.17, 15) is 0 Å². The molecule has 17 heavy (non-hydrogen) atoms. The van der Waals surface area contributed by atoms with Crippen LogP contribution in [0.25, 0.3) is 0 Å². The first-order valence-corrected chi connectivity index (χ1v) is 6.65. The third-order valence-corrected chi connectivity index (χ3v) is 3.07. The number of thioether (sulfide) groups is 1. The third kappa shape index (κ3) is 5.24. The van der Waals surface area contributed by atoms with Gasteiger partial charge in [0.25, 0.3) is 0 Å². The van der Waals surface area contributed by atoms with Gasteiger partial charge in [-0.3, -0.25) is 0 Å². The van der Waals surface area contributed by atoms with Gasteiger partial charge in [0, 0.05) is 16.7 Å². The molecule has 0 saturated heterocycles. The molecule has 1 aromatic rings. The van der Waals surface area contributed by atoms with Crippen LogP contribution in [0.15, 0.2) is 34.3 Å². The van der Waals surface area contributed by atoms with E-state index in [2.05, 4.69) is 43.3 Å². The van der Waals surface area contributed by atoms with Crippen molar-refractivity contribution in [3.8, 4) is 0 Å². The smallest absolute Gasteiger partial charge is 0.129 e. The molecule has 0 spiro atoms. The molecular formula is C13H20N2OS. The summed E-state index contributed by atoms with van der Waals surface area (Å²) >= 11 is 1.85. The molecule has 0 atom stereocenters. The van der Waals surface area contributed by atoms with Gasteiger partial charge in [-0.1, -0.05) is 31.1 Å². The van der Waals surface area contributed by atoms with Gasteiger partial charge in [-0.2, -0.15) is 0 Å². The minimum Gasteiger partial charge on any atom is -0.394 e. The number of benzene rings is 1. The van der Waals surface area contributed by atoms with E-state index in [4.69, 9.17) is 10.6 Å². The summed E-state index contributed by atoms with van der Waals surface area (Å²) in [6.07, 6.45) is 0. The second-order valence-corrected chi connectivity index (χ2v) is 5.64. The highest BCUT2D eigenvalue weighted by Crippen LogP contribution is 2.22. The van der Waals surface area contributed by atoms with Crippen LogP contribution < -0.4 is 5.73 Å². The summed E-state index contributed by atoms with van der Waals surface area (Å²) < 4.78 is 0. The van der Waals surface area contributed by atoms with Crippen LogP contribution in [0.1, 0.15) is 26.3 Å². The summed E-state index contributed by atoms with van der Waals surface area (Å²) in [5.74, 6) is 0. The molecule has 1 aromatic carbocycles. The van der Waals surface area contributed by atoms with E-state index >= 15 is 0 Å². The van der Waals surface area contributed by atoms with Crippen molar-refractivity contribution >= 4 is 17.5 Å². The Morgan fingerprint density at radius 2 is 2.00 bits per heavy atom. The summed E-state index contributed by atoms with van der Waals surface area (Å²) in [5, 5.41) is 4.61. The normalized spacial score (nSPS) is 11.9. The zero-order valence-corrected chi connectivity index (χ0v) is 11.5. The van der Waals surface area contributed by atoms with Gasteiger partial charge in [0.15, 0.2) is 0 Å². The Morgan fingerprint density at radius 3 is 2.53 bits per heavy atom. The number of nitrogens with two attached hydrogens (primary N) is 1. The molecule has 0 saturated carbocycles. The molecule has 0 amide bonds. The van der Waals surface area contributed by atoms with E-state index in [0.29, 0.717) is 18.4 Å². The average molecular weight is 252 g/mol. The lowest BCUT2D eigenvalue weighted by Gasteiger charge is -2.06. The number of nitrogens with zero attached hydrogens (tertiary/aromatic N) is 1. The standard InChI is InChI=1S/C13H20N2OS/c1-10(2)17-13-6-4-12(5-7-13)11(3)15-16-9-8-14/h4-7,10H,8-9,14H2,1-3H3. The van der Waals surface area contributed by atoms with E-state index in [1.54, 1.807) is 0 Å². The zero-order chi connectivity index (χ0) is 12.7. The predicted octanol–water partition coefficient (Wildman–Crippen LogP) is 2.89. The molecule has 2 N–H and O–H groups in total. The maximum Gasteiger partial charge on any atom is 0.129 e. The van der Waals surface area contributed by atoms with Crippen molar-refractivity contribution in [2.45, 2.75) is 30.9 Å². The van der Waals surface area contributed by atoms with Crippen LogP contribution in [0.3, 0.4) is 0 Å². The Bertz CT molecular complexity index is 360. The molecule has 0 unspecified atom stereocenters. The topological polar surface area (TPSA) is 47.6 Å². The fourth-order valence-electron chi connectivity index (χ4n) is 1.29. The van der Waals surface area contributed by atoms with Crippen molar-refractivity contribution < 1.29 is 4.84 Å². The van der Waals surface area contributed by atoms with E-state index in [1.165, 1.54) is 4.90 Å². The highest BCUT2D eigenvalue weighted by Gasteiger charge is 2.01. The van der Waals surface area contributed by atoms with E-state index < -0.39 is 0 Å². The molecule has 4 heteroatoms. The van der Waals surface area contributed by atoms with Crippen molar-refractivity contribution in [3.63, 3.8) is 0 Å². The van der Waals surface area contributed by atoms with E-state index in [1.807, 2.05) is 18.7 Å². The Balaban J connectivity index is 2.63. The van der Waals surface area contributed by atoms with Crippen molar-refractivity contribution in [1.29, 1.82) is 0 Å². The van der Waals surface area contributed by atoms with E-state index in [-0.39, 0.29) is 0 Å². The molecule has 0 fully saturated rings. The molecule has 0 bridgehead atoms. The molecule has 0 radical (unpaired) electrons. The number of rotatable bonds is 6. The van der Waals surface area contributed by atoms with E-state index in [0.717, 1.165) is 11.3 Å². The Morgan fingerprint density at radius 1 is 1.35 bits per heavy atom. The lowest BCUT2D eigenvalue weighted by molar-refractivity contribution is 0.152. The predicted molar refractivity (Wildman–Crippen MR) is 74.7 cm³/mol. The van der Waals surface area contributed by atoms with Crippen molar-refractivity contribution in [1.82, 2.24) is 0 Å². The van der Waals surface area contributed by atoms with Crippen molar-refractivity contribution in [2.24, 2.45) is 10.9 Å². The van der Waals surface area contributed by atoms with Gasteiger partial charge in [-0.05, 0) is 24.6 Å². The first kappa shape index (κ1) is 14.1. The first-order chi connectivity index (χ1) is 8.13. The largest absolute Gasteiger partial charge is 0.394 e. The summed E-state index contributed by atoms with van der Waals surface area (Å²) in [6.45, 7) is 7.25. The molecule has 94 valence electrons. The van der Waals surface area contributed by atoms with Crippen molar-refractivity contribution in [2.75, 3.05) is 13.2 Å². The Hall–Kier alpha value is -1.00. The Labute approximate surface area is 107 Å². The maximum absolute atomic E-state index is 5.32. The summed E-state index contributed by atoms with van der Waals surface area (Å²) in [4.78, 5) is 6.33. The summed E-state index contributed by atoms with van der Waals surface area (Å²) in [6, 6.07) is 8.36. The number of hydrogen-bond donors (Lipinski definition) is 1. The van der Waals surface area contributed by atoms with Gasteiger partial charge in [-0.25, -0.2) is 0 Å². The molecule has 0 aliphatic heterocycles. The average Bonchev–Trinajstić information content (AvgIpc) is 2.29. The minimum absolute atomic E-state index is 0.457. The van der Waals surface area contributed by atoms with Gasteiger partial charge in [0.2, 0.25) is 0 Å². The van der Waals surface area contributed by atoms with Gasteiger partial charge >= 0.3 is 0 Å². The monoisotopic (exact) mass is 252 g/mol. The van der Waals surface area contributed by atoms with Gasteiger partial charge in [-0.15, -0.1) is 11.8 Å². The summed E-state index contributed by atoms with van der Waals surface area (Å²) in [5.41, 5.74) is 7.28. The van der Waals surface area contributed by atoms with Crippen LogP contribution in [0.2, 0.25) is 0 Å². The van der Waals surface area contributed by atoms with Gasteiger partial charge in [0.05, 0.1) is 5.71 Å². The highest BCUT2D eigenvalue weighted by atomic mass is 32.2. The lowest BCUT2D eigenvalue weighted by atomic mass is 10.1. The Kier molecular flexibility index (Phi) is 6.08. The van der Waals surface area contributed by atoms with Crippen LogP contribution in [0, 0.1) is 0 Å². The molecule has 0 heterocycles. The SMILES string of the molecule is CC(=NOCCN)c1ccc(SC(C)C)cc1. The minimum atomic E-state index is 0.457. The molecule has 0 aromatic heterocycles. The maximum atomic E-state index is 5.32. The van der Waals surface area contributed by atoms with Crippen molar-refractivity contribution in [3.05, 3.63) is 29.8 Å². The first-order valence-electron chi connectivity index (χ1n) is 5.77. The molecule has 3 nitrogen and oxygen atoms in total. The van der Waals surface area contributed by atoms with Crippen LogP contribution in [-0.4, -0.2) is 24.1 Å². The molecule has 0 aliphatic carbocycles. The fraction of sp³-hybridized carbons (Fsp3) is 0.462. The zero-order valence-electron chi connectivity index (χ0n) is 10.6. The fourth-order valence-corrected chi connectivity index (χ4v) is 2.13. The molecule has 1 rings (SSSR count). The lowest BCUT2D eigenvalue weighted by Crippen LogP contribution is -2.06. The summed E-state index contributed by atoms with van der Waals surface area (Å²) in [7, 11) is 0. The van der Waals surface area contributed by atoms with Crippen LogP contribution in [-0.2, 0) is 4.84 Å². The third-order valence-electron chi connectivity index (χ3n) is 2.05. The number of oxime groups is 1. The van der Waals surface area contributed by atoms with Crippen LogP contribution >= 0.6 is 11.8 Å².